The summed E-state index contributed by atoms with van der Waals surface area (Å²) in [7, 11) is 5.36. The van der Waals surface area contributed by atoms with Gasteiger partial charge in [-0.1, -0.05) is 6.92 Å². The molecule has 0 aromatic heterocycles. The summed E-state index contributed by atoms with van der Waals surface area (Å²) in [5.74, 6) is -2.09. The Balaban J connectivity index is 1.81. The third-order valence-electron chi connectivity index (χ3n) is 5.84. The second kappa shape index (κ2) is 7.10. The molecular formula is C18H27N3O5S. The molecule has 0 radical (unpaired) electrons. The number of carbonyl (C=O) groups excluding carboxylic acids is 2. The van der Waals surface area contributed by atoms with E-state index in [-0.39, 0.29) is 40.8 Å². The van der Waals surface area contributed by atoms with E-state index in [1.54, 1.807) is 25.9 Å². The number of amides is 2. The molecule has 9 heteroatoms. The number of fused-ring (bicyclic) bond motifs is 1. The van der Waals surface area contributed by atoms with Gasteiger partial charge in [-0.2, -0.15) is 0 Å². The van der Waals surface area contributed by atoms with Crippen LogP contribution in [0.15, 0.2) is 10.6 Å². The van der Waals surface area contributed by atoms with Crippen molar-refractivity contribution in [2.75, 3.05) is 27.7 Å². The number of aliphatic carboxylic acids is 1. The number of hydrogen-bond acceptors (Lipinski definition) is 6. The number of likely N-dealkylation sites (N-methyl/N-ethyl adjacent to an activating group) is 2. The molecule has 2 amide bonds. The summed E-state index contributed by atoms with van der Waals surface area (Å²) >= 11 is 1.47. The molecule has 0 saturated carbocycles. The fourth-order valence-corrected chi connectivity index (χ4v) is 6.08. The number of thioether (sulfide) groups is 1. The van der Waals surface area contributed by atoms with Gasteiger partial charge in [0.2, 0.25) is 11.8 Å². The van der Waals surface area contributed by atoms with Crippen molar-refractivity contribution in [1.29, 1.82) is 0 Å². The molecule has 3 rings (SSSR count). The number of carbonyl (C=O) groups is 3. The highest BCUT2D eigenvalue weighted by atomic mass is 32.2. The van der Waals surface area contributed by atoms with Gasteiger partial charge in [-0.3, -0.25) is 14.5 Å². The topological polar surface area (TPSA) is 101 Å². The summed E-state index contributed by atoms with van der Waals surface area (Å²) in [6.07, 6.45) is -0.167. The van der Waals surface area contributed by atoms with Gasteiger partial charge in [-0.15, -0.1) is 11.8 Å². The van der Waals surface area contributed by atoms with Gasteiger partial charge < -0.3 is 20.0 Å². The number of nitrogens with zero attached hydrogens (tertiary/aromatic N) is 3. The molecule has 0 aromatic carbocycles. The van der Waals surface area contributed by atoms with E-state index in [4.69, 9.17) is 0 Å². The summed E-state index contributed by atoms with van der Waals surface area (Å²) in [5, 5.41) is 19.7. The Morgan fingerprint density at radius 1 is 1.33 bits per heavy atom. The number of rotatable bonds is 5. The number of carboxylic acids is 1. The van der Waals surface area contributed by atoms with Crippen LogP contribution in [0.4, 0.5) is 0 Å². The predicted molar refractivity (Wildman–Crippen MR) is 101 cm³/mol. The predicted octanol–water partition coefficient (Wildman–Crippen LogP) is 0.0342. The van der Waals surface area contributed by atoms with Gasteiger partial charge in [0.1, 0.15) is 5.70 Å². The van der Waals surface area contributed by atoms with Crippen LogP contribution >= 0.6 is 11.8 Å². The van der Waals surface area contributed by atoms with E-state index in [1.807, 2.05) is 18.9 Å². The van der Waals surface area contributed by atoms with E-state index in [0.717, 1.165) is 0 Å². The molecule has 1 unspecified atom stereocenters. The fourth-order valence-electron chi connectivity index (χ4n) is 4.48. The summed E-state index contributed by atoms with van der Waals surface area (Å²) in [5.41, 5.74) is 0.0458. The third kappa shape index (κ3) is 3.15. The number of aliphatic hydroxyl groups is 1. The number of hydrogen-bond donors (Lipinski definition) is 2. The lowest BCUT2D eigenvalue weighted by Gasteiger charge is -2.46. The Kier molecular flexibility index (Phi) is 5.31. The molecule has 3 heterocycles. The quantitative estimate of drug-likeness (QED) is 0.632. The lowest BCUT2D eigenvalue weighted by molar-refractivity contribution is -0.163. The fraction of sp³-hybridized carbons (Fsp3) is 0.722. The van der Waals surface area contributed by atoms with E-state index < -0.39 is 18.0 Å². The first kappa shape index (κ1) is 20.2. The van der Waals surface area contributed by atoms with Crippen LogP contribution in [-0.4, -0.2) is 93.8 Å². The maximum atomic E-state index is 12.4. The van der Waals surface area contributed by atoms with Crippen LogP contribution < -0.4 is 0 Å². The summed E-state index contributed by atoms with van der Waals surface area (Å²) in [6.45, 7) is 4.16. The maximum absolute atomic E-state index is 12.4. The summed E-state index contributed by atoms with van der Waals surface area (Å²) in [4.78, 5) is 42.2. The van der Waals surface area contributed by atoms with Gasteiger partial charge >= 0.3 is 5.97 Å². The molecule has 8 nitrogen and oxygen atoms in total. The van der Waals surface area contributed by atoms with Gasteiger partial charge in [0.25, 0.3) is 0 Å². The Morgan fingerprint density at radius 3 is 2.48 bits per heavy atom. The van der Waals surface area contributed by atoms with Crippen LogP contribution in [0.1, 0.15) is 20.3 Å². The number of likely N-dealkylation sites (tertiary alicyclic amines) is 1. The molecule has 3 aliphatic heterocycles. The van der Waals surface area contributed by atoms with Crippen LogP contribution in [0.5, 0.6) is 0 Å². The second-order valence-corrected chi connectivity index (χ2v) is 9.28. The van der Waals surface area contributed by atoms with Gasteiger partial charge in [0, 0.05) is 36.7 Å². The molecule has 6 atom stereocenters. The van der Waals surface area contributed by atoms with Crippen LogP contribution in [0.3, 0.4) is 0 Å². The van der Waals surface area contributed by atoms with Gasteiger partial charge in [-0.25, -0.2) is 4.79 Å². The Hall–Kier alpha value is -1.58. The zero-order valence-corrected chi connectivity index (χ0v) is 17.1. The molecule has 150 valence electrons. The lowest BCUT2D eigenvalue weighted by atomic mass is 9.79. The molecule has 0 aromatic rings. The average Bonchev–Trinajstić information content (AvgIpc) is 3.03. The van der Waals surface area contributed by atoms with Crippen LogP contribution in [0, 0.1) is 11.8 Å². The highest BCUT2D eigenvalue weighted by Crippen LogP contribution is 2.52. The van der Waals surface area contributed by atoms with E-state index in [2.05, 4.69) is 0 Å². The van der Waals surface area contributed by atoms with Crippen molar-refractivity contribution in [3.8, 4) is 0 Å². The number of β-lactam (4-membered cyclic amide) rings is 1. The van der Waals surface area contributed by atoms with Gasteiger partial charge in [0.15, 0.2) is 0 Å². The standard InChI is InChI=1S/C18H27N3O5S/c1-8-13-12(9(2)22)17(24)21(13)14(18(25)26)15(8)27-10-6-11(20(5)7-10)16(23)19(3)4/h8-13,22H,6-7H2,1-5H3,(H,25,26)/t8-,9?,10+,11+,12-,13-/m1/s1. The molecule has 2 saturated heterocycles. The van der Waals surface area contributed by atoms with Crippen molar-refractivity contribution in [2.24, 2.45) is 11.8 Å². The van der Waals surface area contributed by atoms with E-state index >= 15 is 0 Å². The average molecular weight is 397 g/mol. The molecule has 0 bridgehead atoms. The molecule has 0 aliphatic carbocycles. The second-order valence-electron chi connectivity index (χ2n) is 7.94. The van der Waals surface area contributed by atoms with E-state index in [1.165, 1.54) is 16.7 Å². The van der Waals surface area contributed by atoms with Crippen LogP contribution in [-0.2, 0) is 14.4 Å². The minimum Gasteiger partial charge on any atom is -0.477 e. The van der Waals surface area contributed by atoms with E-state index in [0.29, 0.717) is 17.9 Å². The maximum Gasteiger partial charge on any atom is 0.353 e. The monoisotopic (exact) mass is 397 g/mol. The third-order valence-corrected chi connectivity index (χ3v) is 7.33. The van der Waals surface area contributed by atoms with Gasteiger partial charge in [-0.05, 0) is 20.4 Å². The van der Waals surface area contributed by atoms with Crippen molar-refractivity contribution >= 4 is 29.5 Å². The Morgan fingerprint density at radius 2 is 1.96 bits per heavy atom. The Labute approximate surface area is 163 Å². The minimum absolute atomic E-state index is 0.0423. The minimum atomic E-state index is -1.11. The first-order chi connectivity index (χ1) is 12.6. The lowest BCUT2D eigenvalue weighted by Crippen LogP contribution is -2.63. The molecule has 3 aliphatic rings. The first-order valence-electron chi connectivity index (χ1n) is 9.12. The van der Waals surface area contributed by atoms with Crippen molar-refractivity contribution < 1.29 is 24.6 Å². The largest absolute Gasteiger partial charge is 0.477 e. The molecule has 2 N–H and O–H groups in total. The van der Waals surface area contributed by atoms with Crippen LogP contribution in [0.2, 0.25) is 0 Å². The normalized spacial score (nSPS) is 34.5. The van der Waals surface area contributed by atoms with Crippen LogP contribution in [0.25, 0.3) is 0 Å². The summed E-state index contributed by atoms with van der Waals surface area (Å²) in [6, 6.07) is -0.517. The molecule has 2 fully saturated rings. The Bertz CT molecular complexity index is 707. The zero-order chi connectivity index (χ0) is 20.2. The van der Waals surface area contributed by atoms with Crippen molar-refractivity contribution in [3.63, 3.8) is 0 Å². The zero-order valence-electron chi connectivity index (χ0n) is 16.2. The smallest absolute Gasteiger partial charge is 0.353 e. The van der Waals surface area contributed by atoms with Gasteiger partial charge in [0.05, 0.1) is 24.1 Å². The first-order valence-corrected chi connectivity index (χ1v) is 10.0. The highest BCUT2D eigenvalue weighted by molar-refractivity contribution is 8.03. The highest BCUT2D eigenvalue weighted by Gasteiger charge is 2.60. The molecule has 0 spiro atoms. The number of carboxylic acid groups (broad SMARTS) is 1. The number of aliphatic hydroxyl groups excluding tert-OH is 1. The van der Waals surface area contributed by atoms with Crippen molar-refractivity contribution in [1.82, 2.24) is 14.7 Å². The summed E-state index contributed by atoms with van der Waals surface area (Å²) < 4.78 is 0. The SMILES string of the molecule is CC(O)[C@H]1C(=O)N2C(C(=O)O)=C(S[C@H]3C[C@@H](C(=O)N(C)C)N(C)C3)[C@H](C)[C@H]12. The molecule has 27 heavy (non-hydrogen) atoms. The van der Waals surface area contributed by atoms with Crippen molar-refractivity contribution in [2.45, 2.75) is 43.7 Å². The molecular weight excluding hydrogens is 370 g/mol. The van der Waals surface area contributed by atoms with Crippen molar-refractivity contribution in [3.05, 3.63) is 10.6 Å². The van der Waals surface area contributed by atoms with E-state index in [9.17, 15) is 24.6 Å².